The molecule has 5 heteroatoms. The summed E-state index contributed by atoms with van der Waals surface area (Å²) in [7, 11) is 1.40. The summed E-state index contributed by atoms with van der Waals surface area (Å²) in [5.41, 5.74) is 5.34. The number of ether oxygens (including phenoxy) is 2. The molecular formula is C12H22N2O3. The van der Waals surface area contributed by atoms with Crippen LogP contribution in [-0.2, 0) is 14.3 Å². The first-order valence-corrected chi connectivity index (χ1v) is 6.27. The van der Waals surface area contributed by atoms with E-state index >= 15 is 0 Å². The van der Waals surface area contributed by atoms with E-state index in [1.54, 1.807) is 0 Å². The second kappa shape index (κ2) is 4.92. The number of methoxy groups -OCH3 is 1. The van der Waals surface area contributed by atoms with Gasteiger partial charge in [0, 0.05) is 18.6 Å². The SMILES string of the molecule is COC(=O)C1(N)CCC(N2CCOCC2C)C1. The molecule has 0 amide bonds. The van der Waals surface area contributed by atoms with Gasteiger partial charge in [-0.2, -0.15) is 0 Å². The minimum Gasteiger partial charge on any atom is -0.468 e. The Labute approximate surface area is 102 Å². The summed E-state index contributed by atoms with van der Waals surface area (Å²) in [5, 5.41) is 0. The Morgan fingerprint density at radius 1 is 1.59 bits per heavy atom. The van der Waals surface area contributed by atoms with Gasteiger partial charge in [0.1, 0.15) is 5.54 Å². The van der Waals surface area contributed by atoms with Gasteiger partial charge < -0.3 is 15.2 Å². The lowest BCUT2D eigenvalue weighted by molar-refractivity contribution is -0.147. The normalized spacial score (nSPS) is 39.2. The fourth-order valence-electron chi connectivity index (χ4n) is 3.00. The van der Waals surface area contributed by atoms with Gasteiger partial charge in [0.25, 0.3) is 0 Å². The largest absolute Gasteiger partial charge is 0.468 e. The van der Waals surface area contributed by atoms with Crippen molar-refractivity contribution >= 4 is 5.97 Å². The lowest BCUT2D eigenvalue weighted by Crippen LogP contribution is -2.51. The van der Waals surface area contributed by atoms with E-state index in [9.17, 15) is 4.79 Å². The molecular weight excluding hydrogens is 220 g/mol. The van der Waals surface area contributed by atoms with E-state index in [2.05, 4.69) is 11.8 Å². The highest BCUT2D eigenvalue weighted by molar-refractivity contribution is 5.81. The topological polar surface area (TPSA) is 64.8 Å². The van der Waals surface area contributed by atoms with Crippen LogP contribution in [0.15, 0.2) is 0 Å². The Morgan fingerprint density at radius 2 is 2.35 bits per heavy atom. The van der Waals surface area contributed by atoms with Gasteiger partial charge in [0.05, 0.1) is 20.3 Å². The van der Waals surface area contributed by atoms with Crippen LogP contribution in [0.5, 0.6) is 0 Å². The quantitative estimate of drug-likeness (QED) is 0.697. The third kappa shape index (κ3) is 2.46. The van der Waals surface area contributed by atoms with E-state index in [0.717, 1.165) is 26.2 Å². The summed E-state index contributed by atoms with van der Waals surface area (Å²) >= 11 is 0. The summed E-state index contributed by atoms with van der Waals surface area (Å²) in [6.45, 7) is 4.64. The minimum atomic E-state index is -0.780. The third-order valence-electron chi connectivity index (χ3n) is 4.00. The van der Waals surface area contributed by atoms with Gasteiger partial charge in [-0.05, 0) is 26.2 Å². The first-order chi connectivity index (χ1) is 8.07. The van der Waals surface area contributed by atoms with E-state index in [1.807, 2.05) is 0 Å². The zero-order valence-electron chi connectivity index (χ0n) is 10.6. The number of carbonyl (C=O) groups is 1. The van der Waals surface area contributed by atoms with Crippen LogP contribution in [-0.4, -0.2) is 55.4 Å². The number of carbonyl (C=O) groups excluding carboxylic acids is 1. The summed E-state index contributed by atoms with van der Waals surface area (Å²) < 4.78 is 10.2. The summed E-state index contributed by atoms with van der Waals surface area (Å²) in [6.07, 6.45) is 2.38. The smallest absolute Gasteiger partial charge is 0.325 e. The number of nitrogens with zero attached hydrogens (tertiary/aromatic N) is 1. The average Bonchev–Trinajstić information content (AvgIpc) is 2.72. The molecule has 3 atom stereocenters. The van der Waals surface area contributed by atoms with Crippen LogP contribution in [0.2, 0.25) is 0 Å². The molecule has 1 saturated heterocycles. The van der Waals surface area contributed by atoms with Gasteiger partial charge in [-0.15, -0.1) is 0 Å². The van der Waals surface area contributed by atoms with Gasteiger partial charge in [-0.3, -0.25) is 9.69 Å². The van der Waals surface area contributed by atoms with Crippen molar-refractivity contribution in [2.45, 2.75) is 43.8 Å². The van der Waals surface area contributed by atoms with Gasteiger partial charge >= 0.3 is 5.97 Å². The van der Waals surface area contributed by atoms with Gasteiger partial charge in [0.15, 0.2) is 0 Å². The maximum Gasteiger partial charge on any atom is 0.325 e. The van der Waals surface area contributed by atoms with E-state index in [-0.39, 0.29) is 5.97 Å². The first-order valence-electron chi connectivity index (χ1n) is 6.27. The molecule has 17 heavy (non-hydrogen) atoms. The second-order valence-electron chi connectivity index (χ2n) is 5.21. The number of hydrogen-bond donors (Lipinski definition) is 1. The monoisotopic (exact) mass is 242 g/mol. The van der Waals surface area contributed by atoms with E-state index < -0.39 is 5.54 Å². The van der Waals surface area contributed by atoms with Crippen LogP contribution < -0.4 is 5.73 Å². The molecule has 2 N–H and O–H groups in total. The molecule has 0 aromatic rings. The molecule has 1 heterocycles. The Kier molecular flexibility index (Phi) is 3.70. The van der Waals surface area contributed by atoms with Gasteiger partial charge in [0.2, 0.25) is 0 Å². The lowest BCUT2D eigenvalue weighted by atomic mass is 9.98. The molecule has 1 aliphatic heterocycles. The molecule has 1 aliphatic carbocycles. The zero-order valence-corrected chi connectivity index (χ0v) is 10.6. The molecule has 2 fully saturated rings. The van der Waals surface area contributed by atoms with Crippen molar-refractivity contribution in [3.8, 4) is 0 Å². The molecule has 0 spiro atoms. The first kappa shape index (κ1) is 12.8. The molecule has 0 radical (unpaired) electrons. The zero-order chi connectivity index (χ0) is 12.5. The highest BCUT2D eigenvalue weighted by atomic mass is 16.5. The Morgan fingerprint density at radius 3 is 3.00 bits per heavy atom. The van der Waals surface area contributed by atoms with Crippen molar-refractivity contribution in [2.75, 3.05) is 26.9 Å². The Bertz CT molecular complexity index is 297. The predicted molar refractivity (Wildman–Crippen MR) is 63.6 cm³/mol. The van der Waals surface area contributed by atoms with Crippen LogP contribution in [0.25, 0.3) is 0 Å². The fourth-order valence-corrected chi connectivity index (χ4v) is 3.00. The van der Waals surface area contributed by atoms with Crippen molar-refractivity contribution in [1.82, 2.24) is 4.90 Å². The summed E-state index contributed by atoms with van der Waals surface area (Å²) in [6, 6.07) is 0.798. The van der Waals surface area contributed by atoms with E-state index in [0.29, 0.717) is 24.9 Å². The maximum absolute atomic E-state index is 11.7. The van der Waals surface area contributed by atoms with Crippen molar-refractivity contribution in [3.63, 3.8) is 0 Å². The molecule has 2 aliphatic rings. The highest BCUT2D eigenvalue weighted by Crippen LogP contribution is 2.33. The maximum atomic E-state index is 11.7. The number of hydrogen-bond acceptors (Lipinski definition) is 5. The fraction of sp³-hybridized carbons (Fsp3) is 0.917. The second-order valence-corrected chi connectivity index (χ2v) is 5.21. The molecule has 2 rings (SSSR count). The Hall–Kier alpha value is -0.650. The summed E-state index contributed by atoms with van der Waals surface area (Å²) in [5.74, 6) is -0.277. The number of nitrogens with two attached hydrogens (primary N) is 1. The predicted octanol–water partition coefficient (Wildman–Crippen LogP) is 0.130. The average molecular weight is 242 g/mol. The Balaban J connectivity index is 1.99. The minimum absolute atomic E-state index is 0.277. The van der Waals surface area contributed by atoms with Crippen LogP contribution in [0, 0.1) is 0 Å². The summed E-state index contributed by atoms with van der Waals surface area (Å²) in [4.78, 5) is 14.1. The van der Waals surface area contributed by atoms with Crippen molar-refractivity contribution in [2.24, 2.45) is 5.73 Å². The van der Waals surface area contributed by atoms with Crippen LogP contribution in [0.1, 0.15) is 26.2 Å². The van der Waals surface area contributed by atoms with Crippen molar-refractivity contribution in [1.29, 1.82) is 0 Å². The molecule has 5 nitrogen and oxygen atoms in total. The van der Waals surface area contributed by atoms with Gasteiger partial charge in [-0.1, -0.05) is 0 Å². The van der Waals surface area contributed by atoms with E-state index in [1.165, 1.54) is 7.11 Å². The van der Waals surface area contributed by atoms with Gasteiger partial charge in [-0.25, -0.2) is 0 Å². The van der Waals surface area contributed by atoms with E-state index in [4.69, 9.17) is 15.2 Å². The standard InChI is InChI=1S/C12H22N2O3/c1-9-8-17-6-5-14(9)10-3-4-12(13,7-10)11(15)16-2/h9-10H,3-8,13H2,1-2H3. The molecule has 1 saturated carbocycles. The van der Waals surface area contributed by atoms with Crippen molar-refractivity contribution < 1.29 is 14.3 Å². The molecule has 0 aromatic carbocycles. The van der Waals surface area contributed by atoms with Crippen LogP contribution in [0.3, 0.4) is 0 Å². The van der Waals surface area contributed by atoms with Crippen LogP contribution >= 0.6 is 0 Å². The number of rotatable bonds is 2. The molecule has 0 aromatic heterocycles. The highest BCUT2D eigenvalue weighted by Gasteiger charge is 2.45. The third-order valence-corrected chi connectivity index (χ3v) is 4.00. The molecule has 98 valence electrons. The number of esters is 1. The lowest BCUT2D eigenvalue weighted by Gasteiger charge is -2.38. The molecule has 0 bridgehead atoms. The number of morpholine rings is 1. The van der Waals surface area contributed by atoms with Crippen molar-refractivity contribution in [3.05, 3.63) is 0 Å². The van der Waals surface area contributed by atoms with Crippen LogP contribution in [0.4, 0.5) is 0 Å². The molecule has 3 unspecified atom stereocenters.